The van der Waals surface area contributed by atoms with Gasteiger partial charge < -0.3 is 11.1 Å². The van der Waals surface area contributed by atoms with Crippen molar-refractivity contribution in [1.82, 2.24) is 4.98 Å². The van der Waals surface area contributed by atoms with E-state index >= 15 is 0 Å². The Labute approximate surface area is 80.9 Å². The first-order chi connectivity index (χ1) is 5.53. The molecular weight excluding hydrogens is 194 g/mol. The summed E-state index contributed by atoms with van der Waals surface area (Å²) in [5.74, 6) is 0. The number of rotatable bonds is 3. The lowest BCUT2D eigenvalue weighted by atomic mass is 10.1. The quantitative estimate of drug-likeness (QED) is 0.793. The second-order valence-electron chi connectivity index (χ2n) is 3.19. The van der Waals surface area contributed by atoms with Crippen molar-refractivity contribution < 1.29 is 0 Å². The summed E-state index contributed by atoms with van der Waals surface area (Å²) in [5.41, 5.74) is 5.42. The number of nitrogens with two attached hydrogens (primary N) is 1. The Morgan fingerprint density at radius 3 is 2.83 bits per heavy atom. The van der Waals surface area contributed by atoms with Gasteiger partial charge >= 0.3 is 0 Å². The van der Waals surface area contributed by atoms with Crippen molar-refractivity contribution in [3.63, 3.8) is 0 Å². The molecule has 0 saturated carbocycles. The fourth-order valence-corrected chi connectivity index (χ4v) is 1.67. The molecule has 0 aliphatic rings. The maximum Gasteiger partial charge on any atom is 0.184 e. The van der Waals surface area contributed by atoms with Crippen molar-refractivity contribution in [2.24, 2.45) is 5.73 Å². The Balaban J connectivity index is 2.63. The zero-order valence-corrected chi connectivity index (χ0v) is 8.67. The molecular formula is C7H12ClN3S. The van der Waals surface area contributed by atoms with Gasteiger partial charge in [-0.25, -0.2) is 4.98 Å². The summed E-state index contributed by atoms with van der Waals surface area (Å²) in [4.78, 5) is 4.06. The van der Waals surface area contributed by atoms with Gasteiger partial charge in [-0.1, -0.05) is 11.6 Å². The molecule has 0 amide bonds. The van der Waals surface area contributed by atoms with Crippen LogP contribution in [0.3, 0.4) is 0 Å². The van der Waals surface area contributed by atoms with Gasteiger partial charge in [0, 0.05) is 17.5 Å². The van der Waals surface area contributed by atoms with Crippen molar-refractivity contribution in [2.45, 2.75) is 19.4 Å². The second kappa shape index (κ2) is 3.60. The minimum Gasteiger partial charge on any atom is -0.355 e. The van der Waals surface area contributed by atoms with Crippen LogP contribution in [0.4, 0.5) is 5.13 Å². The molecule has 12 heavy (non-hydrogen) atoms. The Morgan fingerprint density at radius 2 is 2.42 bits per heavy atom. The van der Waals surface area contributed by atoms with Crippen LogP contribution in [0.2, 0.25) is 5.15 Å². The molecule has 0 aliphatic heterocycles. The lowest BCUT2D eigenvalue weighted by molar-refractivity contribution is 0.579. The van der Waals surface area contributed by atoms with Crippen molar-refractivity contribution in [3.8, 4) is 0 Å². The molecule has 1 aromatic heterocycles. The molecule has 0 unspecified atom stereocenters. The van der Waals surface area contributed by atoms with Gasteiger partial charge in [-0.2, -0.15) is 0 Å². The van der Waals surface area contributed by atoms with Crippen molar-refractivity contribution in [3.05, 3.63) is 10.5 Å². The number of anilines is 1. The van der Waals surface area contributed by atoms with Gasteiger partial charge in [0.2, 0.25) is 0 Å². The fourth-order valence-electron chi connectivity index (χ4n) is 0.652. The number of thiazole rings is 1. The molecule has 0 atom stereocenters. The first-order valence-corrected chi connectivity index (χ1v) is 4.88. The first kappa shape index (κ1) is 9.77. The van der Waals surface area contributed by atoms with Crippen LogP contribution >= 0.6 is 22.9 Å². The highest BCUT2D eigenvalue weighted by Crippen LogP contribution is 2.21. The predicted molar refractivity (Wildman–Crippen MR) is 53.9 cm³/mol. The molecule has 0 fully saturated rings. The average molecular weight is 206 g/mol. The van der Waals surface area contributed by atoms with E-state index in [4.69, 9.17) is 17.3 Å². The third-order valence-electron chi connectivity index (χ3n) is 1.43. The van der Waals surface area contributed by atoms with Crippen molar-refractivity contribution >= 4 is 28.1 Å². The molecule has 3 nitrogen and oxygen atoms in total. The van der Waals surface area contributed by atoms with E-state index in [9.17, 15) is 0 Å². The second-order valence-corrected chi connectivity index (χ2v) is 4.43. The van der Waals surface area contributed by atoms with E-state index in [1.165, 1.54) is 11.3 Å². The molecule has 1 rings (SSSR count). The normalized spacial score (nSPS) is 11.7. The number of halogens is 1. The van der Waals surface area contributed by atoms with Gasteiger partial charge in [-0.05, 0) is 13.8 Å². The third-order valence-corrected chi connectivity index (χ3v) is 2.51. The lowest BCUT2D eigenvalue weighted by Crippen LogP contribution is -2.39. The van der Waals surface area contributed by atoms with Gasteiger partial charge in [0.1, 0.15) is 5.15 Å². The van der Waals surface area contributed by atoms with Crippen molar-refractivity contribution in [2.75, 3.05) is 11.9 Å². The molecule has 0 saturated heterocycles. The summed E-state index contributed by atoms with van der Waals surface area (Å²) < 4.78 is 0. The third kappa shape index (κ3) is 2.62. The number of aromatic nitrogens is 1. The van der Waals surface area contributed by atoms with E-state index in [2.05, 4.69) is 10.3 Å². The van der Waals surface area contributed by atoms with Crippen LogP contribution < -0.4 is 11.1 Å². The van der Waals surface area contributed by atoms with Gasteiger partial charge in [0.05, 0.1) is 0 Å². The maximum absolute atomic E-state index is 5.66. The molecule has 0 aromatic carbocycles. The molecule has 1 aromatic rings. The van der Waals surface area contributed by atoms with Gasteiger partial charge in [-0.15, -0.1) is 11.3 Å². The van der Waals surface area contributed by atoms with Crippen LogP contribution in [0.25, 0.3) is 0 Å². The zero-order chi connectivity index (χ0) is 9.19. The fraction of sp³-hybridized carbons (Fsp3) is 0.571. The maximum atomic E-state index is 5.66. The predicted octanol–water partition coefficient (Wildman–Crippen LogP) is 1.95. The SMILES string of the molecule is CC(C)(CN)Nc1nc(Cl)cs1. The van der Waals surface area contributed by atoms with Gasteiger partial charge in [-0.3, -0.25) is 0 Å². The molecule has 0 spiro atoms. The minimum atomic E-state index is -0.124. The Bertz CT molecular complexity index is 259. The van der Waals surface area contributed by atoms with E-state index in [0.717, 1.165) is 5.13 Å². The number of hydrogen-bond donors (Lipinski definition) is 2. The Morgan fingerprint density at radius 1 is 1.75 bits per heavy atom. The topological polar surface area (TPSA) is 50.9 Å². The summed E-state index contributed by atoms with van der Waals surface area (Å²) in [6, 6.07) is 0. The van der Waals surface area contributed by atoms with Crippen molar-refractivity contribution in [1.29, 1.82) is 0 Å². The number of hydrogen-bond acceptors (Lipinski definition) is 4. The first-order valence-electron chi connectivity index (χ1n) is 3.63. The molecule has 0 bridgehead atoms. The average Bonchev–Trinajstić information content (AvgIpc) is 2.35. The van der Waals surface area contributed by atoms with Crippen LogP contribution in [-0.4, -0.2) is 17.1 Å². The highest BCUT2D eigenvalue weighted by atomic mass is 35.5. The monoisotopic (exact) mass is 205 g/mol. The zero-order valence-electron chi connectivity index (χ0n) is 7.10. The number of nitrogens with zero attached hydrogens (tertiary/aromatic N) is 1. The van der Waals surface area contributed by atoms with Crippen LogP contribution in [0, 0.1) is 0 Å². The smallest absolute Gasteiger partial charge is 0.184 e. The van der Waals surface area contributed by atoms with Crippen LogP contribution in [0.15, 0.2) is 5.38 Å². The van der Waals surface area contributed by atoms with E-state index in [1.54, 1.807) is 5.38 Å². The van der Waals surface area contributed by atoms with Gasteiger partial charge in [0.15, 0.2) is 5.13 Å². The summed E-state index contributed by atoms with van der Waals surface area (Å²) in [6.45, 7) is 4.59. The van der Waals surface area contributed by atoms with Gasteiger partial charge in [0.25, 0.3) is 0 Å². The lowest BCUT2D eigenvalue weighted by Gasteiger charge is -2.23. The standard InChI is InChI=1S/C7H12ClN3S/c1-7(2,4-9)11-6-10-5(8)3-12-6/h3H,4,9H2,1-2H3,(H,10,11). The van der Waals surface area contributed by atoms with E-state index < -0.39 is 0 Å². The molecule has 0 aliphatic carbocycles. The summed E-state index contributed by atoms with van der Waals surface area (Å²) in [6.07, 6.45) is 0. The molecule has 68 valence electrons. The molecule has 3 N–H and O–H groups in total. The largest absolute Gasteiger partial charge is 0.355 e. The minimum absolute atomic E-state index is 0.124. The van der Waals surface area contributed by atoms with E-state index in [0.29, 0.717) is 11.7 Å². The van der Waals surface area contributed by atoms with Crippen LogP contribution in [0.1, 0.15) is 13.8 Å². The molecule has 5 heteroatoms. The summed E-state index contributed by atoms with van der Waals surface area (Å²) in [5, 5.41) is 6.31. The highest BCUT2D eigenvalue weighted by Gasteiger charge is 2.16. The Hall–Kier alpha value is -0.320. The summed E-state index contributed by atoms with van der Waals surface area (Å²) in [7, 11) is 0. The van der Waals surface area contributed by atoms with Crippen LogP contribution in [0.5, 0.6) is 0 Å². The number of nitrogens with one attached hydrogen (secondary N) is 1. The molecule has 0 radical (unpaired) electrons. The highest BCUT2D eigenvalue weighted by molar-refractivity contribution is 7.14. The molecule has 1 heterocycles. The van der Waals surface area contributed by atoms with Crippen LogP contribution in [-0.2, 0) is 0 Å². The Kier molecular flexibility index (Phi) is 2.93. The van der Waals surface area contributed by atoms with E-state index in [1.807, 2.05) is 13.8 Å². The summed E-state index contributed by atoms with van der Waals surface area (Å²) >= 11 is 7.14. The van der Waals surface area contributed by atoms with E-state index in [-0.39, 0.29) is 5.54 Å².